The Bertz CT molecular complexity index is 530. The third-order valence-corrected chi connectivity index (χ3v) is 4.25. The molecule has 0 fully saturated rings. The van der Waals surface area contributed by atoms with Gasteiger partial charge in [0.15, 0.2) is 0 Å². The molecule has 6 heteroatoms. The van der Waals surface area contributed by atoms with Crippen molar-refractivity contribution >= 4 is 15.7 Å². The summed E-state index contributed by atoms with van der Waals surface area (Å²) in [5.74, 6) is 0.570. The second kappa shape index (κ2) is 6.08. The first-order chi connectivity index (χ1) is 9.05. The topological polar surface area (TPSA) is 81.4 Å². The molecule has 1 aliphatic rings. The van der Waals surface area contributed by atoms with E-state index in [9.17, 15) is 8.42 Å². The lowest BCUT2D eigenvalue weighted by molar-refractivity contribution is 0.340. The predicted octanol–water partition coefficient (Wildman–Crippen LogP) is 1.29. The molecule has 19 heavy (non-hydrogen) atoms. The molecule has 0 heterocycles. The lowest BCUT2D eigenvalue weighted by Crippen LogP contribution is -2.36. The molecule has 0 saturated carbocycles. The molecule has 0 aromatic heterocycles. The smallest absolute Gasteiger partial charge is 0.215 e. The van der Waals surface area contributed by atoms with Crippen LogP contribution in [0.4, 0.5) is 5.69 Å². The third-order valence-electron chi connectivity index (χ3n) is 2.85. The van der Waals surface area contributed by atoms with E-state index < -0.39 is 10.0 Å². The van der Waals surface area contributed by atoms with Gasteiger partial charge in [0, 0.05) is 11.7 Å². The minimum absolute atomic E-state index is 0.00141. The molecular weight excluding hydrogens is 264 g/mol. The van der Waals surface area contributed by atoms with Crippen molar-refractivity contribution in [2.24, 2.45) is 0 Å². The van der Waals surface area contributed by atoms with Gasteiger partial charge in [-0.25, -0.2) is 13.1 Å². The van der Waals surface area contributed by atoms with Gasteiger partial charge in [-0.3, -0.25) is 0 Å². The number of nitrogen functional groups attached to an aromatic ring is 1. The standard InChI is InChI=1S/C13H18N2O3S/c14-11-5-7-13(8-6-11)18-9-10-19(16,17)15-12-3-1-2-4-12/h1-2,5-8,12,15H,3-4,9-10,14H2. The van der Waals surface area contributed by atoms with Crippen LogP contribution in [0.3, 0.4) is 0 Å². The average Bonchev–Trinajstić information content (AvgIpc) is 2.83. The number of benzene rings is 1. The Labute approximate surface area is 113 Å². The van der Waals surface area contributed by atoms with Crippen LogP contribution in [0.15, 0.2) is 36.4 Å². The first kappa shape index (κ1) is 13.9. The Morgan fingerprint density at radius 1 is 1.21 bits per heavy atom. The Balaban J connectivity index is 1.76. The normalized spacial score (nSPS) is 15.8. The SMILES string of the molecule is Nc1ccc(OCCS(=O)(=O)NC2CC=CC2)cc1. The Hall–Kier alpha value is -1.53. The van der Waals surface area contributed by atoms with Crippen LogP contribution in [0.25, 0.3) is 0 Å². The quantitative estimate of drug-likeness (QED) is 0.608. The van der Waals surface area contributed by atoms with E-state index in [1.165, 1.54) is 0 Å². The molecule has 0 aliphatic heterocycles. The summed E-state index contributed by atoms with van der Waals surface area (Å²) in [4.78, 5) is 0. The summed E-state index contributed by atoms with van der Waals surface area (Å²) >= 11 is 0. The maximum Gasteiger partial charge on any atom is 0.215 e. The van der Waals surface area contributed by atoms with Crippen molar-refractivity contribution in [2.45, 2.75) is 18.9 Å². The largest absolute Gasteiger partial charge is 0.492 e. The van der Waals surface area contributed by atoms with Gasteiger partial charge in [0.2, 0.25) is 10.0 Å². The number of sulfonamides is 1. The predicted molar refractivity (Wildman–Crippen MR) is 75.4 cm³/mol. The maximum absolute atomic E-state index is 11.8. The average molecular weight is 282 g/mol. The number of anilines is 1. The van der Waals surface area contributed by atoms with Gasteiger partial charge in [0.25, 0.3) is 0 Å². The van der Waals surface area contributed by atoms with Crippen LogP contribution in [-0.2, 0) is 10.0 Å². The fraction of sp³-hybridized carbons (Fsp3) is 0.385. The second-order valence-corrected chi connectivity index (χ2v) is 6.37. The number of hydrogen-bond acceptors (Lipinski definition) is 4. The number of rotatable bonds is 6. The molecule has 3 N–H and O–H groups in total. The van der Waals surface area contributed by atoms with Crippen molar-refractivity contribution in [1.82, 2.24) is 4.72 Å². The minimum atomic E-state index is -3.28. The van der Waals surface area contributed by atoms with Crippen molar-refractivity contribution in [1.29, 1.82) is 0 Å². The number of nitrogens with two attached hydrogens (primary N) is 1. The lowest BCUT2D eigenvalue weighted by Gasteiger charge is -2.13. The summed E-state index contributed by atoms with van der Waals surface area (Å²) in [7, 11) is -3.28. The molecule has 1 aromatic rings. The zero-order valence-electron chi connectivity index (χ0n) is 10.6. The second-order valence-electron chi connectivity index (χ2n) is 4.49. The minimum Gasteiger partial charge on any atom is -0.492 e. The van der Waals surface area contributed by atoms with Crippen molar-refractivity contribution in [3.05, 3.63) is 36.4 Å². The highest BCUT2D eigenvalue weighted by atomic mass is 32.2. The first-order valence-electron chi connectivity index (χ1n) is 6.18. The van der Waals surface area contributed by atoms with Gasteiger partial charge in [-0.2, -0.15) is 0 Å². The number of ether oxygens (including phenoxy) is 1. The third kappa shape index (κ3) is 4.57. The van der Waals surface area contributed by atoms with Crippen molar-refractivity contribution in [3.8, 4) is 5.75 Å². The van der Waals surface area contributed by atoms with Crippen LogP contribution < -0.4 is 15.2 Å². The fourth-order valence-corrected chi connectivity index (χ4v) is 2.98. The number of nitrogens with one attached hydrogen (secondary N) is 1. The van der Waals surface area contributed by atoms with Gasteiger partial charge in [0.1, 0.15) is 12.4 Å². The molecule has 0 saturated heterocycles. The lowest BCUT2D eigenvalue weighted by atomic mass is 10.3. The molecule has 0 amide bonds. The molecule has 0 radical (unpaired) electrons. The van der Waals surface area contributed by atoms with Crippen LogP contribution in [0.5, 0.6) is 5.75 Å². The van der Waals surface area contributed by atoms with E-state index in [0.717, 1.165) is 12.8 Å². The van der Waals surface area contributed by atoms with Crippen LogP contribution in [0, 0.1) is 0 Å². The van der Waals surface area contributed by atoms with Crippen molar-refractivity contribution in [2.75, 3.05) is 18.1 Å². The molecule has 0 bridgehead atoms. The highest BCUT2D eigenvalue weighted by molar-refractivity contribution is 7.89. The summed E-state index contributed by atoms with van der Waals surface area (Å²) in [6.45, 7) is 0.124. The Morgan fingerprint density at radius 2 is 1.84 bits per heavy atom. The van der Waals surface area contributed by atoms with Crippen LogP contribution in [-0.4, -0.2) is 26.8 Å². The van der Waals surface area contributed by atoms with Crippen molar-refractivity contribution in [3.63, 3.8) is 0 Å². The van der Waals surface area contributed by atoms with Gasteiger partial charge in [-0.1, -0.05) is 12.2 Å². The Kier molecular flexibility index (Phi) is 4.44. The van der Waals surface area contributed by atoms with Crippen LogP contribution in [0.1, 0.15) is 12.8 Å². The molecule has 104 valence electrons. The molecule has 1 aromatic carbocycles. The Morgan fingerprint density at radius 3 is 2.47 bits per heavy atom. The monoisotopic (exact) mass is 282 g/mol. The van der Waals surface area contributed by atoms with Gasteiger partial charge >= 0.3 is 0 Å². The van der Waals surface area contributed by atoms with E-state index in [-0.39, 0.29) is 18.4 Å². The van der Waals surface area contributed by atoms with E-state index in [0.29, 0.717) is 11.4 Å². The van der Waals surface area contributed by atoms with Gasteiger partial charge in [-0.05, 0) is 37.1 Å². The maximum atomic E-state index is 11.8. The van der Waals surface area contributed by atoms with Gasteiger partial charge in [0.05, 0.1) is 5.75 Å². The highest BCUT2D eigenvalue weighted by Gasteiger charge is 2.18. The first-order valence-corrected chi connectivity index (χ1v) is 7.84. The summed E-state index contributed by atoms with van der Waals surface area (Å²) in [6, 6.07) is 6.87. The molecular formula is C13H18N2O3S. The van der Waals surface area contributed by atoms with Crippen LogP contribution in [0.2, 0.25) is 0 Å². The molecule has 1 aliphatic carbocycles. The van der Waals surface area contributed by atoms with E-state index in [1.54, 1.807) is 24.3 Å². The molecule has 0 atom stereocenters. The molecule has 5 nitrogen and oxygen atoms in total. The summed E-state index contributed by atoms with van der Waals surface area (Å²) in [5.41, 5.74) is 6.20. The molecule has 0 unspecified atom stereocenters. The zero-order valence-corrected chi connectivity index (χ0v) is 11.4. The zero-order chi connectivity index (χ0) is 13.7. The van der Waals surface area contributed by atoms with Gasteiger partial charge < -0.3 is 10.5 Å². The molecule has 2 rings (SSSR count). The number of hydrogen-bond donors (Lipinski definition) is 2. The highest BCUT2D eigenvalue weighted by Crippen LogP contribution is 2.13. The van der Waals surface area contributed by atoms with E-state index in [1.807, 2.05) is 12.2 Å². The van der Waals surface area contributed by atoms with E-state index >= 15 is 0 Å². The fourth-order valence-electron chi connectivity index (χ4n) is 1.86. The van der Waals surface area contributed by atoms with E-state index in [2.05, 4.69) is 4.72 Å². The summed E-state index contributed by atoms with van der Waals surface area (Å²) < 4.78 is 31.6. The molecule has 0 spiro atoms. The van der Waals surface area contributed by atoms with Gasteiger partial charge in [-0.15, -0.1) is 0 Å². The van der Waals surface area contributed by atoms with Crippen LogP contribution >= 0.6 is 0 Å². The van der Waals surface area contributed by atoms with E-state index in [4.69, 9.17) is 10.5 Å². The summed E-state index contributed by atoms with van der Waals surface area (Å²) in [5, 5.41) is 0. The summed E-state index contributed by atoms with van der Waals surface area (Å²) in [6.07, 6.45) is 5.49. The van der Waals surface area contributed by atoms with Crippen molar-refractivity contribution < 1.29 is 13.2 Å².